The topological polar surface area (TPSA) is 79.5 Å². The third kappa shape index (κ3) is 1.95. The molecule has 2 aromatic rings. The second kappa shape index (κ2) is 4.38. The van der Waals surface area contributed by atoms with Crippen LogP contribution in [0.5, 0.6) is 0 Å². The van der Waals surface area contributed by atoms with Crippen molar-refractivity contribution in [2.75, 3.05) is 6.54 Å². The van der Waals surface area contributed by atoms with Gasteiger partial charge in [0, 0.05) is 30.2 Å². The summed E-state index contributed by atoms with van der Waals surface area (Å²) < 4.78 is 1.85. The van der Waals surface area contributed by atoms with Gasteiger partial charge in [0.1, 0.15) is 6.04 Å². The van der Waals surface area contributed by atoms with Gasteiger partial charge < -0.3 is 10.4 Å². The molecule has 94 valence electrons. The number of nitrogens with one attached hydrogen (secondary N) is 1. The van der Waals surface area contributed by atoms with Crippen molar-refractivity contribution in [1.82, 2.24) is 19.7 Å². The van der Waals surface area contributed by atoms with Crippen LogP contribution < -0.4 is 5.32 Å². The minimum absolute atomic E-state index is 0.189. The predicted molar refractivity (Wildman–Crippen MR) is 64.4 cm³/mol. The van der Waals surface area contributed by atoms with Gasteiger partial charge in [-0.3, -0.25) is 9.20 Å². The Morgan fingerprint density at radius 3 is 3.22 bits per heavy atom. The number of imidazole rings is 1. The Morgan fingerprint density at radius 1 is 1.50 bits per heavy atom. The molecule has 2 unspecified atom stereocenters. The van der Waals surface area contributed by atoms with Crippen molar-refractivity contribution in [1.29, 1.82) is 0 Å². The molecule has 3 heterocycles. The molecule has 1 aliphatic heterocycles. The molecule has 0 aliphatic carbocycles. The Bertz CT molecular complexity index is 580. The van der Waals surface area contributed by atoms with Crippen LogP contribution in [-0.4, -0.2) is 38.0 Å². The number of aromatic nitrogens is 3. The summed E-state index contributed by atoms with van der Waals surface area (Å²) in [4.78, 5) is 19.6. The average Bonchev–Trinajstić information content (AvgIpc) is 2.86. The maximum Gasteiger partial charge on any atom is 0.320 e. The van der Waals surface area contributed by atoms with Crippen molar-refractivity contribution in [3.05, 3.63) is 30.4 Å². The first-order chi connectivity index (χ1) is 8.74. The molecular weight excluding hydrogens is 232 g/mol. The van der Waals surface area contributed by atoms with Crippen molar-refractivity contribution in [2.45, 2.75) is 24.8 Å². The van der Waals surface area contributed by atoms with Gasteiger partial charge in [-0.05, 0) is 25.5 Å². The molecular formula is C12H14N4O2. The zero-order valence-electron chi connectivity index (χ0n) is 9.78. The number of piperidine rings is 1. The lowest BCUT2D eigenvalue weighted by Gasteiger charge is -2.27. The first kappa shape index (κ1) is 11.2. The van der Waals surface area contributed by atoms with Gasteiger partial charge in [0.15, 0.2) is 0 Å². The van der Waals surface area contributed by atoms with Crippen molar-refractivity contribution in [2.24, 2.45) is 0 Å². The molecule has 1 saturated heterocycles. The fraction of sp³-hybridized carbons (Fsp3) is 0.417. The zero-order chi connectivity index (χ0) is 12.5. The number of aliphatic carboxylic acids is 1. The summed E-state index contributed by atoms with van der Waals surface area (Å²) in [5, 5.41) is 12.0. The molecule has 2 aromatic heterocycles. The molecule has 0 radical (unpaired) electrons. The Morgan fingerprint density at radius 2 is 2.39 bits per heavy atom. The summed E-state index contributed by atoms with van der Waals surface area (Å²) in [6, 6.07) is 1.48. The first-order valence-electron chi connectivity index (χ1n) is 6.00. The van der Waals surface area contributed by atoms with Crippen LogP contribution in [-0.2, 0) is 4.79 Å². The van der Waals surface area contributed by atoms with Crippen LogP contribution in [0.25, 0.3) is 5.78 Å². The average molecular weight is 246 g/mol. The number of nitrogens with zero attached hydrogens (tertiary/aromatic N) is 3. The van der Waals surface area contributed by atoms with E-state index in [4.69, 9.17) is 5.11 Å². The van der Waals surface area contributed by atoms with Crippen LogP contribution in [0.1, 0.15) is 24.5 Å². The standard InChI is InChI=1S/C12H14N4O2/c17-11(18)10-7-8(1-3-13-10)9-2-5-16-6-4-14-12(16)15-9/h2,4-6,8,10,13H,1,3,7H2,(H,17,18). The van der Waals surface area contributed by atoms with Crippen LogP contribution in [0.2, 0.25) is 0 Å². The maximum absolute atomic E-state index is 11.0. The number of hydrogen-bond donors (Lipinski definition) is 2. The number of hydrogen-bond acceptors (Lipinski definition) is 4. The molecule has 0 amide bonds. The summed E-state index contributed by atoms with van der Waals surface area (Å²) in [6.45, 7) is 0.711. The van der Waals surface area contributed by atoms with Gasteiger partial charge in [0.2, 0.25) is 5.78 Å². The van der Waals surface area contributed by atoms with Crippen molar-refractivity contribution < 1.29 is 9.90 Å². The van der Waals surface area contributed by atoms with E-state index in [1.165, 1.54) is 0 Å². The van der Waals surface area contributed by atoms with E-state index in [1.54, 1.807) is 6.20 Å². The van der Waals surface area contributed by atoms with Gasteiger partial charge >= 0.3 is 5.97 Å². The SMILES string of the molecule is O=C(O)C1CC(c2ccn3ccnc3n2)CCN1. The molecule has 18 heavy (non-hydrogen) atoms. The van der Waals surface area contributed by atoms with E-state index >= 15 is 0 Å². The lowest BCUT2D eigenvalue weighted by molar-refractivity contribution is -0.140. The van der Waals surface area contributed by atoms with E-state index in [1.807, 2.05) is 22.9 Å². The molecule has 0 saturated carbocycles. The number of carboxylic acid groups (broad SMARTS) is 1. The highest BCUT2D eigenvalue weighted by atomic mass is 16.4. The summed E-state index contributed by atoms with van der Waals surface area (Å²) in [5.74, 6) is 0.0635. The highest BCUT2D eigenvalue weighted by Crippen LogP contribution is 2.26. The molecule has 6 nitrogen and oxygen atoms in total. The van der Waals surface area contributed by atoms with Gasteiger partial charge in [-0.1, -0.05) is 0 Å². The minimum atomic E-state index is -0.790. The van der Waals surface area contributed by atoms with E-state index in [9.17, 15) is 4.79 Å². The molecule has 1 fully saturated rings. The molecule has 2 N–H and O–H groups in total. The molecule has 0 spiro atoms. The molecule has 2 atom stereocenters. The number of carboxylic acids is 1. The molecule has 0 aromatic carbocycles. The van der Waals surface area contributed by atoms with E-state index < -0.39 is 12.0 Å². The van der Waals surface area contributed by atoms with Crippen molar-refractivity contribution in [3.63, 3.8) is 0 Å². The van der Waals surface area contributed by atoms with Crippen molar-refractivity contribution >= 4 is 11.7 Å². The van der Waals surface area contributed by atoms with Gasteiger partial charge in [-0.2, -0.15) is 0 Å². The highest BCUT2D eigenvalue weighted by molar-refractivity contribution is 5.73. The monoisotopic (exact) mass is 246 g/mol. The third-order valence-electron chi connectivity index (χ3n) is 3.40. The van der Waals surface area contributed by atoms with E-state index in [0.29, 0.717) is 18.7 Å². The smallest absolute Gasteiger partial charge is 0.320 e. The zero-order valence-corrected chi connectivity index (χ0v) is 9.78. The fourth-order valence-electron chi connectivity index (χ4n) is 2.42. The largest absolute Gasteiger partial charge is 0.480 e. The van der Waals surface area contributed by atoms with Crippen LogP contribution >= 0.6 is 0 Å². The summed E-state index contributed by atoms with van der Waals surface area (Å²) in [7, 11) is 0. The summed E-state index contributed by atoms with van der Waals surface area (Å²) in [5.41, 5.74) is 0.932. The van der Waals surface area contributed by atoms with E-state index in [2.05, 4.69) is 15.3 Å². The fourth-order valence-corrected chi connectivity index (χ4v) is 2.42. The molecule has 0 bridgehead atoms. The van der Waals surface area contributed by atoms with Gasteiger partial charge in [-0.25, -0.2) is 9.97 Å². The number of fused-ring (bicyclic) bond motifs is 1. The Hall–Kier alpha value is -1.95. The van der Waals surface area contributed by atoms with Crippen LogP contribution in [0, 0.1) is 0 Å². The minimum Gasteiger partial charge on any atom is -0.480 e. The lowest BCUT2D eigenvalue weighted by Crippen LogP contribution is -2.42. The van der Waals surface area contributed by atoms with Crippen LogP contribution in [0.15, 0.2) is 24.7 Å². The lowest BCUT2D eigenvalue weighted by atomic mass is 9.89. The van der Waals surface area contributed by atoms with E-state index in [0.717, 1.165) is 12.1 Å². The second-order valence-electron chi connectivity index (χ2n) is 4.55. The Balaban J connectivity index is 1.86. The summed E-state index contributed by atoms with van der Waals surface area (Å²) in [6.07, 6.45) is 6.96. The van der Waals surface area contributed by atoms with Gasteiger partial charge in [0.25, 0.3) is 0 Å². The third-order valence-corrected chi connectivity index (χ3v) is 3.40. The first-order valence-corrected chi connectivity index (χ1v) is 6.00. The van der Waals surface area contributed by atoms with Crippen LogP contribution in [0.3, 0.4) is 0 Å². The number of carbonyl (C=O) groups is 1. The van der Waals surface area contributed by atoms with E-state index in [-0.39, 0.29) is 5.92 Å². The second-order valence-corrected chi connectivity index (χ2v) is 4.55. The van der Waals surface area contributed by atoms with Gasteiger partial charge in [-0.15, -0.1) is 0 Å². The predicted octanol–water partition coefficient (Wildman–Crippen LogP) is 0.649. The summed E-state index contributed by atoms with van der Waals surface area (Å²) >= 11 is 0. The quantitative estimate of drug-likeness (QED) is 0.813. The maximum atomic E-state index is 11.0. The Kier molecular flexibility index (Phi) is 2.71. The van der Waals surface area contributed by atoms with Crippen LogP contribution in [0.4, 0.5) is 0 Å². The molecule has 3 rings (SSSR count). The molecule has 6 heteroatoms. The van der Waals surface area contributed by atoms with Gasteiger partial charge in [0.05, 0.1) is 0 Å². The van der Waals surface area contributed by atoms with Crippen molar-refractivity contribution in [3.8, 4) is 0 Å². The number of rotatable bonds is 2. The normalized spacial score (nSPS) is 24.2. The Labute approximate surface area is 104 Å². The molecule has 1 aliphatic rings. The highest BCUT2D eigenvalue weighted by Gasteiger charge is 2.28.